The van der Waals surface area contributed by atoms with Crippen molar-refractivity contribution >= 4 is 11.4 Å². The second kappa shape index (κ2) is 6.08. The number of phenolic OH excluding ortho intramolecular Hbond substituents is 1. The maximum absolute atomic E-state index is 13.7. The van der Waals surface area contributed by atoms with Crippen LogP contribution in [-0.2, 0) is 6.54 Å². The predicted molar refractivity (Wildman–Crippen MR) is 75.0 cm³/mol. The molecule has 0 radical (unpaired) electrons. The van der Waals surface area contributed by atoms with Crippen molar-refractivity contribution in [3.63, 3.8) is 0 Å². The number of nitrogens with zero attached hydrogens (tertiary/aromatic N) is 1. The van der Waals surface area contributed by atoms with Crippen molar-refractivity contribution in [2.45, 2.75) is 6.54 Å². The Bertz CT molecular complexity index is 676. The summed E-state index contributed by atoms with van der Waals surface area (Å²) in [5.41, 5.74) is 0.624. The fourth-order valence-electron chi connectivity index (χ4n) is 1.79. The fraction of sp³-hybridized carbons (Fsp3) is 0.143. The van der Waals surface area contributed by atoms with E-state index in [1.807, 2.05) is 0 Å². The second-order valence-corrected chi connectivity index (χ2v) is 4.28. The molecule has 110 valence electrons. The highest BCUT2D eigenvalue weighted by atomic mass is 19.1. The fourth-order valence-corrected chi connectivity index (χ4v) is 1.79. The van der Waals surface area contributed by atoms with Gasteiger partial charge in [0, 0.05) is 12.6 Å². The number of hydrogen-bond acceptors (Lipinski definition) is 5. The Balaban J connectivity index is 2.11. The molecule has 0 aliphatic carbocycles. The average molecular weight is 292 g/mol. The molecule has 0 spiro atoms. The molecule has 0 atom stereocenters. The monoisotopic (exact) mass is 292 g/mol. The van der Waals surface area contributed by atoms with Crippen LogP contribution in [0.5, 0.6) is 11.5 Å². The van der Waals surface area contributed by atoms with Gasteiger partial charge in [-0.2, -0.15) is 0 Å². The van der Waals surface area contributed by atoms with Crippen LogP contribution in [0.2, 0.25) is 0 Å². The van der Waals surface area contributed by atoms with Crippen LogP contribution in [0, 0.1) is 15.9 Å². The maximum atomic E-state index is 13.7. The molecule has 0 aliphatic heterocycles. The van der Waals surface area contributed by atoms with Crippen molar-refractivity contribution in [3.8, 4) is 11.5 Å². The van der Waals surface area contributed by atoms with Crippen LogP contribution >= 0.6 is 0 Å². The molecule has 7 heteroatoms. The van der Waals surface area contributed by atoms with Gasteiger partial charge >= 0.3 is 0 Å². The van der Waals surface area contributed by atoms with Crippen molar-refractivity contribution in [3.05, 3.63) is 57.9 Å². The quantitative estimate of drug-likeness (QED) is 0.653. The number of methoxy groups -OCH3 is 1. The first-order valence-electron chi connectivity index (χ1n) is 6.05. The summed E-state index contributed by atoms with van der Waals surface area (Å²) in [6.45, 7) is 0.283. The van der Waals surface area contributed by atoms with Crippen LogP contribution in [0.25, 0.3) is 0 Å². The molecule has 2 aromatic rings. The number of nitrogens with one attached hydrogen (secondary N) is 1. The van der Waals surface area contributed by atoms with E-state index in [1.165, 1.54) is 25.3 Å². The third-order valence-electron chi connectivity index (χ3n) is 2.89. The number of benzene rings is 2. The maximum Gasteiger partial charge on any atom is 0.272 e. The Morgan fingerprint density at radius 2 is 2.10 bits per heavy atom. The van der Waals surface area contributed by atoms with Gasteiger partial charge in [0.25, 0.3) is 5.69 Å². The van der Waals surface area contributed by atoms with E-state index < -0.39 is 10.7 Å². The molecule has 0 fully saturated rings. The second-order valence-electron chi connectivity index (χ2n) is 4.28. The molecule has 21 heavy (non-hydrogen) atoms. The van der Waals surface area contributed by atoms with E-state index in [0.29, 0.717) is 5.75 Å². The molecule has 0 saturated carbocycles. The van der Waals surface area contributed by atoms with Crippen LogP contribution in [-0.4, -0.2) is 17.1 Å². The van der Waals surface area contributed by atoms with Gasteiger partial charge in [0.1, 0.15) is 0 Å². The lowest BCUT2D eigenvalue weighted by molar-refractivity contribution is -0.385. The topological polar surface area (TPSA) is 84.6 Å². The number of non-ortho nitro benzene ring substituents is 1. The number of aromatic hydroxyl groups is 1. The largest absolute Gasteiger partial charge is 0.504 e. The highest BCUT2D eigenvalue weighted by Crippen LogP contribution is 2.27. The lowest BCUT2D eigenvalue weighted by Crippen LogP contribution is -2.02. The van der Waals surface area contributed by atoms with Crippen molar-refractivity contribution < 1.29 is 19.2 Å². The summed E-state index contributed by atoms with van der Waals surface area (Å²) < 4.78 is 18.7. The zero-order valence-corrected chi connectivity index (χ0v) is 11.2. The first-order valence-corrected chi connectivity index (χ1v) is 6.05. The van der Waals surface area contributed by atoms with Crippen molar-refractivity contribution in [1.82, 2.24) is 0 Å². The third kappa shape index (κ3) is 3.38. The van der Waals surface area contributed by atoms with Gasteiger partial charge in [-0.15, -0.1) is 0 Å². The number of rotatable bonds is 5. The Kier molecular flexibility index (Phi) is 4.22. The normalized spacial score (nSPS) is 10.2. The molecule has 0 unspecified atom stereocenters. The highest BCUT2D eigenvalue weighted by Gasteiger charge is 2.10. The SMILES string of the molecule is COc1cc(CNc2ccc([N+](=O)[O-])cc2F)ccc1O. The molecule has 0 aliphatic rings. The molecule has 2 N–H and O–H groups in total. The number of nitro benzene ring substituents is 1. The van der Waals surface area contributed by atoms with Gasteiger partial charge < -0.3 is 15.2 Å². The number of anilines is 1. The molecular weight excluding hydrogens is 279 g/mol. The van der Waals surface area contributed by atoms with Crippen LogP contribution < -0.4 is 10.1 Å². The molecule has 0 heterocycles. The highest BCUT2D eigenvalue weighted by molar-refractivity contribution is 5.51. The van der Waals surface area contributed by atoms with E-state index in [2.05, 4.69) is 5.32 Å². The molecule has 0 amide bonds. The van der Waals surface area contributed by atoms with Crippen LogP contribution in [0.1, 0.15) is 5.56 Å². The number of ether oxygens (including phenoxy) is 1. The average Bonchev–Trinajstić information content (AvgIpc) is 2.47. The van der Waals surface area contributed by atoms with Gasteiger partial charge in [-0.25, -0.2) is 4.39 Å². The number of phenols is 1. The smallest absolute Gasteiger partial charge is 0.272 e. The molecule has 0 bridgehead atoms. The molecule has 2 aromatic carbocycles. The van der Waals surface area contributed by atoms with Gasteiger partial charge in [0.2, 0.25) is 0 Å². The molecule has 6 nitrogen and oxygen atoms in total. The standard InChI is InChI=1S/C14H13FN2O4/c1-21-14-6-9(2-5-13(14)18)8-16-12-4-3-10(17(19)20)7-11(12)15/h2-7,16,18H,8H2,1H3. The molecule has 2 rings (SSSR count). The molecule has 0 saturated heterocycles. The minimum Gasteiger partial charge on any atom is -0.504 e. The summed E-state index contributed by atoms with van der Waals surface area (Å²) >= 11 is 0. The predicted octanol–water partition coefficient (Wildman–Crippen LogP) is 3.06. The van der Waals surface area contributed by atoms with E-state index >= 15 is 0 Å². The Morgan fingerprint density at radius 3 is 2.71 bits per heavy atom. The Labute approximate surface area is 119 Å². The Hall–Kier alpha value is -2.83. The summed E-state index contributed by atoms with van der Waals surface area (Å²) in [5.74, 6) is -0.365. The van der Waals surface area contributed by atoms with E-state index in [4.69, 9.17) is 4.74 Å². The zero-order valence-electron chi connectivity index (χ0n) is 11.2. The third-order valence-corrected chi connectivity index (χ3v) is 2.89. The first kappa shape index (κ1) is 14.6. The minimum atomic E-state index is -0.699. The number of halogens is 1. The van der Waals surface area contributed by atoms with Gasteiger partial charge in [-0.05, 0) is 23.8 Å². The number of hydrogen-bond donors (Lipinski definition) is 2. The first-order chi connectivity index (χ1) is 10.0. The zero-order chi connectivity index (χ0) is 15.4. The minimum absolute atomic E-state index is 0.0165. The summed E-state index contributed by atoms with van der Waals surface area (Å²) in [4.78, 5) is 9.87. The van der Waals surface area contributed by atoms with E-state index in [-0.39, 0.29) is 23.7 Å². The lowest BCUT2D eigenvalue weighted by atomic mass is 10.2. The summed E-state index contributed by atoms with van der Waals surface area (Å²) in [6.07, 6.45) is 0. The van der Waals surface area contributed by atoms with Crippen molar-refractivity contribution in [2.24, 2.45) is 0 Å². The van der Waals surface area contributed by atoms with Crippen molar-refractivity contribution in [1.29, 1.82) is 0 Å². The van der Waals surface area contributed by atoms with Crippen LogP contribution in [0.4, 0.5) is 15.8 Å². The van der Waals surface area contributed by atoms with E-state index in [9.17, 15) is 19.6 Å². The summed E-state index contributed by atoms with van der Waals surface area (Å²) in [6, 6.07) is 8.15. The van der Waals surface area contributed by atoms with Gasteiger partial charge in [-0.1, -0.05) is 6.07 Å². The van der Waals surface area contributed by atoms with Gasteiger partial charge in [0.15, 0.2) is 17.3 Å². The van der Waals surface area contributed by atoms with E-state index in [0.717, 1.165) is 11.6 Å². The Morgan fingerprint density at radius 1 is 1.33 bits per heavy atom. The van der Waals surface area contributed by atoms with Crippen LogP contribution in [0.3, 0.4) is 0 Å². The van der Waals surface area contributed by atoms with Gasteiger partial charge in [0.05, 0.1) is 23.8 Å². The van der Waals surface area contributed by atoms with Crippen LogP contribution in [0.15, 0.2) is 36.4 Å². The van der Waals surface area contributed by atoms with Crippen molar-refractivity contribution in [2.75, 3.05) is 12.4 Å². The van der Waals surface area contributed by atoms with Gasteiger partial charge in [-0.3, -0.25) is 10.1 Å². The lowest BCUT2D eigenvalue weighted by Gasteiger charge is -2.09. The van der Waals surface area contributed by atoms with E-state index in [1.54, 1.807) is 12.1 Å². The summed E-state index contributed by atoms with van der Waals surface area (Å²) in [7, 11) is 1.43. The summed E-state index contributed by atoms with van der Waals surface area (Å²) in [5, 5.41) is 22.8. The number of nitro groups is 1. The molecule has 0 aromatic heterocycles. The molecular formula is C14H13FN2O4.